The van der Waals surface area contributed by atoms with Crippen LogP contribution in [-0.2, 0) is 0 Å². The SMILES string of the molecule is c1ccc(/C(=C(/c2ccccc2)c2ccc3cc(-c4ccc5ccccc5c4)ccc3c2)c2ccc3cc(-c4ccc5ccccc5c4)ccc3c2)cc1. The molecule has 0 aromatic heterocycles. The molecule has 0 radical (unpaired) electrons. The summed E-state index contributed by atoms with van der Waals surface area (Å²) in [6, 6.07) is 79.9. The summed E-state index contributed by atoms with van der Waals surface area (Å²) in [6.45, 7) is 0. The Labute approximate surface area is 315 Å². The van der Waals surface area contributed by atoms with E-state index < -0.39 is 0 Å². The molecule has 54 heavy (non-hydrogen) atoms. The number of hydrogen-bond donors (Lipinski definition) is 0. The Morgan fingerprint density at radius 1 is 0.185 bits per heavy atom. The maximum atomic E-state index is 2.36. The minimum atomic E-state index is 1.19. The van der Waals surface area contributed by atoms with Crippen LogP contribution in [0.1, 0.15) is 22.3 Å². The van der Waals surface area contributed by atoms with Crippen molar-refractivity contribution in [2.24, 2.45) is 0 Å². The molecule has 0 aliphatic heterocycles. The second-order valence-corrected chi connectivity index (χ2v) is 14.2. The third-order valence-electron chi connectivity index (χ3n) is 10.8. The van der Waals surface area contributed by atoms with E-state index in [1.54, 1.807) is 0 Å². The molecule has 0 N–H and O–H groups in total. The third kappa shape index (κ3) is 5.94. The number of hydrogen-bond acceptors (Lipinski definition) is 0. The van der Waals surface area contributed by atoms with Crippen LogP contribution in [0, 0.1) is 0 Å². The minimum absolute atomic E-state index is 1.19. The van der Waals surface area contributed by atoms with Gasteiger partial charge in [0.25, 0.3) is 0 Å². The fourth-order valence-corrected chi connectivity index (χ4v) is 8.02. The zero-order chi connectivity index (χ0) is 35.8. The second kappa shape index (κ2) is 13.5. The average Bonchev–Trinajstić information content (AvgIpc) is 3.25. The van der Waals surface area contributed by atoms with Gasteiger partial charge >= 0.3 is 0 Å². The molecule has 0 aliphatic rings. The topological polar surface area (TPSA) is 0 Å². The minimum Gasteiger partial charge on any atom is -0.0622 e. The van der Waals surface area contributed by atoms with Crippen molar-refractivity contribution in [3.05, 3.63) is 241 Å². The van der Waals surface area contributed by atoms with Crippen LogP contribution in [0.5, 0.6) is 0 Å². The zero-order valence-electron chi connectivity index (χ0n) is 29.8. The van der Waals surface area contributed by atoms with E-state index in [1.165, 1.54) is 98.7 Å². The molecule has 0 heteroatoms. The van der Waals surface area contributed by atoms with Crippen LogP contribution in [0.25, 0.3) is 76.5 Å². The molecule has 0 saturated carbocycles. The van der Waals surface area contributed by atoms with E-state index in [4.69, 9.17) is 0 Å². The van der Waals surface area contributed by atoms with E-state index in [1.807, 2.05) is 0 Å². The van der Waals surface area contributed by atoms with E-state index in [9.17, 15) is 0 Å². The smallest absolute Gasteiger partial charge is 0.00266 e. The molecule has 0 saturated heterocycles. The van der Waals surface area contributed by atoms with Gasteiger partial charge in [-0.2, -0.15) is 0 Å². The normalized spacial score (nSPS) is 12.0. The highest BCUT2D eigenvalue weighted by Gasteiger charge is 2.17. The van der Waals surface area contributed by atoms with E-state index in [0.29, 0.717) is 0 Å². The maximum Gasteiger partial charge on any atom is -0.00266 e. The van der Waals surface area contributed by atoms with Crippen molar-refractivity contribution < 1.29 is 0 Å². The van der Waals surface area contributed by atoms with Crippen LogP contribution >= 0.6 is 0 Å². The summed E-state index contributed by atoms with van der Waals surface area (Å²) in [5.74, 6) is 0. The Morgan fingerprint density at radius 3 is 0.852 bits per heavy atom. The fourth-order valence-electron chi connectivity index (χ4n) is 8.02. The molecular formula is C54H36. The first-order valence-electron chi connectivity index (χ1n) is 18.7. The van der Waals surface area contributed by atoms with Gasteiger partial charge in [0.2, 0.25) is 0 Å². The van der Waals surface area contributed by atoms with Gasteiger partial charge in [-0.3, -0.25) is 0 Å². The quantitative estimate of drug-likeness (QED) is 0.153. The Balaban J connectivity index is 1.11. The summed E-state index contributed by atoms with van der Waals surface area (Å²) in [5.41, 5.74) is 12.1. The maximum absolute atomic E-state index is 2.36. The Hall–Kier alpha value is -7.02. The predicted octanol–water partition coefficient (Wildman–Crippen LogP) is 14.6. The fraction of sp³-hybridized carbons (Fsp3) is 0. The Bertz CT molecular complexity index is 2810. The van der Waals surface area contributed by atoms with Crippen LogP contribution in [-0.4, -0.2) is 0 Å². The van der Waals surface area contributed by atoms with Crippen molar-refractivity contribution in [2.75, 3.05) is 0 Å². The standard InChI is InChI=1S/C54H36/c1-3-13-39(14-4-1)53(51-29-27-47-33-45(23-25-49(47)35-51)43-21-19-37-11-7-9-17-41(37)31-43)54(40-15-5-2-6-16-40)52-30-28-48-34-46(24-26-50(48)36-52)44-22-20-38-12-8-10-18-42(38)32-44/h1-36H/b54-53+. The lowest BCUT2D eigenvalue weighted by atomic mass is 9.84. The molecule has 0 heterocycles. The summed E-state index contributed by atoms with van der Waals surface area (Å²) in [6.07, 6.45) is 0. The predicted molar refractivity (Wildman–Crippen MR) is 232 cm³/mol. The van der Waals surface area contributed by atoms with Crippen molar-refractivity contribution in [1.82, 2.24) is 0 Å². The van der Waals surface area contributed by atoms with Crippen LogP contribution in [0.4, 0.5) is 0 Å². The van der Waals surface area contributed by atoms with Gasteiger partial charge < -0.3 is 0 Å². The number of fused-ring (bicyclic) bond motifs is 4. The number of benzene rings is 10. The van der Waals surface area contributed by atoms with Gasteiger partial charge in [0, 0.05) is 0 Å². The van der Waals surface area contributed by atoms with Gasteiger partial charge in [-0.1, -0.05) is 182 Å². The highest BCUT2D eigenvalue weighted by Crippen LogP contribution is 2.40. The summed E-state index contributed by atoms with van der Waals surface area (Å²) in [5, 5.41) is 9.94. The monoisotopic (exact) mass is 684 g/mol. The van der Waals surface area contributed by atoms with Crippen molar-refractivity contribution in [2.45, 2.75) is 0 Å². The van der Waals surface area contributed by atoms with Gasteiger partial charge in [0.15, 0.2) is 0 Å². The first-order valence-corrected chi connectivity index (χ1v) is 18.7. The Kier molecular flexibility index (Phi) is 7.93. The molecule has 0 aliphatic carbocycles. The first-order chi connectivity index (χ1) is 26.7. The summed E-state index contributed by atoms with van der Waals surface area (Å²) >= 11 is 0. The van der Waals surface area contributed by atoms with Crippen LogP contribution in [0.2, 0.25) is 0 Å². The van der Waals surface area contributed by atoms with Gasteiger partial charge in [-0.05, 0) is 135 Å². The molecule has 0 nitrogen and oxygen atoms in total. The average molecular weight is 685 g/mol. The molecule has 0 spiro atoms. The van der Waals surface area contributed by atoms with Crippen LogP contribution in [0.15, 0.2) is 218 Å². The second-order valence-electron chi connectivity index (χ2n) is 14.2. The van der Waals surface area contributed by atoms with Gasteiger partial charge in [-0.25, -0.2) is 0 Å². The highest BCUT2D eigenvalue weighted by molar-refractivity contribution is 6.07. The molecule has 0 atom stereocenters. The van der Waals surface area contributed by atoms with Crippen LogP contribution < -0.4 is 0 Å². The molecule has 0 amide bonds. The molecule has 252 valence electrons. The first kappa shape index (κ1) is 31.7. The lowest BCUT2D eigenvalue weighted by molar-refractivity contribution is 1.52. The lowest BCUT2D eigenvalue weighted by Gasteiger charge is -2.19. The largest absolute Gasteiger partial charge is 0.0622 e. The molecule has 10 aromatic rings. The van der Waals surface area contributed by atoms with Gasteiger partial charge in [0.05, 0.1) is 0 Å². The molecule has 0 unspecified atom stereocenters. The van der Waals surface area contributed by atoms with E-state index in [0.717, 1.165) is 0 Å². The van der Waals surface area contributed by atoms with Crippen LogP contribution in [0.3, 0.4) is 0 Å². The van der Waals surface area contributed by atoms with E-state index in [2.05, 4.69) is 218 Å². The molecule has 0 bridgehead atoms. The molecule has 10 aromatic carbocycles. The van der Waals surface area contributed by atoms with E-state index in [-0.39, 0.29) is 0 Å². The summed E-state index contributed by atoms with van der Waals surface area (Å²) < 4.78 is 0. The van der Waals surface area contributed by atoms with Gasteiger partial charge in [-0.15, -0.1) is 0 Å². The molecule has 10 rings (SSSR count). The molecular weight excluding hydrogens is 649 g/mol. The Morgan fingerprint density at radius 2 is 0.463 bits per heavy atom. The van der Waals surface area contributed by atoms with E-state index >= 15 is 0 Å². The van der Waals surface area contributed by atoms with Gasteiger partial charge in [0.1, 0.15) is 0 Å². The van der Waals surface area contributed by atoms with Crippen molar-refractivity contribution in [1.29, 1.82) is 0 Å². The third-order valence-corrected chi connectivity index (χ3v) is 10.8. The highest BCUT2D eigenvalue weighted by atomic mass is 14.2. The summed E-state index contributed by atoms with van der Waals surface area (Å²) in [7, 11) is 0. The number of rotatable bonds is 6. The van der Waals surface area contributed by atoms with Crippen molar-refractivity contribution in [3.8, 4) is 22.3 Å². The molecule has 0 fully saturated rings. The van der Waals surface area contributed by atoms with Crippen molar-refractivity contribution >= 4 is 54.2 Å². The zero-order valence-corrected chi connectivity index (χ0v) is 29.8. The van der Waals surface area contributed by atoms with Crippen molar-refractivity contribution in [3.63, 3.8) is 0 Å². The summed E-state index contributed by atoms with van der Waals surface area (Å²) in [4.78, 5) is 0. The lowest BCUT2D eigenvalue weighted by Crippen LogP contribution is -1.98.